The Hall–Kier alpha value is -0.170. The van der Waals surface area contributed by atoms with Crippen LogP contribution >= 0.6 is 0 Å². The largest absolute Gasteiger partial charge is 0.318 e. The molecule has 0 aliphatic carbocycles. The van der Waals surface area contributed by atoms with Gasteiger partial charge in [0.15, 0.2) is 0 Å². The van der Waals surface area contributed by atoms with Crippen LogP contribution in [-0.2, 0) is 10.2 Å². The predicted molar refractivity (Wildman–Crippen MR) is 70.1 cm³/mol. The van der Waals surface area contributed by atoms with E-state index in [1.165, 1.54) is 0 Å². The van der Waals surface area contributed by atoms with E-state index >= 15 is 0 Å². The second kappa shape index (κ2) is 7.31. The molecule has 1 aliphatic heterocycles. The van der Waals surface area contributed by atoms with Crippen molar-refractivity contribution in [2.24, 2.45) is 0 Å². The summed E-state index contributed by atoms with van der Waals surface area (Å²) in [6.07, 6.45) is 4.93. The minimum Gasteiger partial charge on any atom is -0.318 e. The molecule has 0 aromatic heterocycles. The van der Waals surface area contributed by atoms with E-state index in [1.807, 2.05) is 7.05 Å². The lowest BCUT2D eigenvalue weighted by atomic mass is 10.1. The van der Waals surface area contributed by atoms with Gasteiger partial charge in [0, 0.05) is 25.7 Å². The van der Waals surface area contributed by atoms with Crippen LogP contribution in [0.3, 0.4) is 0 Å². The van der Waals surface area contributed by atoms with Gasteiger partial charge in [0.2, 0.25) is 0 Å². The lowest BCUT2D eigenvalue weighted by Crippen LogP contribution is -2.52. The zero-order valence-corrected chi connectivity index (χ0v) is 11.7. The van der Waals surface area contributed by atoms with Crippen molar-refractivity contribution in [3.63, 3.8) is 0 Å². The Bertz CT molecular complexity index is 304. The van der Waals surface area contributed by atoms with Gasteiger partial charge in [-0.05, 0) is 26.3 Å². The van der Waals surface area contributed by atoms with E-state index in [4.69, 9.17) is 0 Å². The average molecular weight is 263 g/mol. The second-order valence-electron chi connectivity index (χ2n) is 4.57. The summed E-state index contributed by atoms with van der Waals surface area (Å²) < 4.78 is 28.6. The van der Waals surface area contributed by atoms with Crippen molar-refractivity contribution in [3.05, 3.63) is 0 Å². The van der Waals surface area contributed by atoms with Crippen molar-refractivity contribution in [2.75, 3.05) is 26.7 Å². The molecule has 1 fully saturated rings. The molecule has 0 aromatic rings. The van der Waals surface area contributed by atoms with Crippen molar-refractivity contribution < 1.29 is 8.42 Å². The first-order valence-electron chi connectivity index (χ1n) is 6.53. The van der Waals surface area contributed by atoms with Crippen LogP contribution in [0.25, 0.3) is 0 Å². The van der Waals surface area contributed by atoms with Crippen molar-refractivity contribution in [3.8, 4) is 0 Å². The van der Waals surface area contributed by atoms with Gasteiger partial charge in [-0.25, -0.2) is 4.72 Å². The molecule has 6 heteroatoms. The molecule has 1 unspecified atom stereocenters. The Morgan fingerprint density at radius 1 is 1.35 bits per heavy atom. The lowest BCUT2D eigenvalue weighted by Gasteiger charge is -2.34. The van der Waals surface area contributed by atoms with Gasteiger partial charge in [-0.15, -0.1) is 0 Å². The monoisotopic (exact) mass is 263 g/mol. The topological polar surface area (TPSA) is 61.4 Å². The van der Waals surface area contributed by atoms with Gasteiger partial charge in [0.25, 0.3) is 10.2 Å². The predicted octanol–water partition coefficient (Wildman–Crippen LogP) is 0.695. The highest BCUT2D eigenvalue weighted by Crippen LogP contribution is 2.19. The van der Waals surface area contributed by atoms with Gasteiger partial charge in [0.1, 0.15) is 0 Å². The molecule has 1 aliphatic rings. The summed E-state index contributed by atoms with van der Waals surface area (Å²) in [5, 5.41) is 3.07. The van der Waals surface area contributed by atoms with E-state index in [2.05, 4.69) is 17.0 Å². The third kappa shape index (κ3) is 4.54. The molecule has 0 radical (unpaired) electrons. The third-order valence-corrected chi connectivity index (χ3v) is 4.80. The number of hydrogen-bond acceptors (Lipinski definition) is 3. The molecule has 0 bridgehead atoms. The van der Waals surface area contributed by atoms with Gasteiger partial charge in [-0.2, -0.15) is 12.7 Å². The summed E-state index contributed by atoms with van der Waals surface area (Å²) in [6, 6.07) is 0.105. The Morgan fingerprint density at radius 3 is 2.76 bits per heavy atom. The minimum absolute atomic E-state index is 0.105. The maximum absolute atomic E-state index is 12.1. The quantitative estimate of drug-likeness (QED) is 0.665. The van der Waals surface area contributed by atoms with Crippen LogP contribution in [0.4, 0.5) is 0 Å². The van der Waals surface area contributed by atoms with Crippen LogP contribution in [0.2, 0.25) is 0 Å². The Morgan fingerprint density at radius 2 is 2.12 bits per heavy atom. The molecule has 1 atom stereocenters. The maximum Gasteiger partial charge on any atom is 0.279 e. The van der Waals surface area contributed by atoms with Crippen LogP contribution < -0.4 is 10.0 Å². The molecule has 0 saturated carbocycles. The molecular weight excluding hydrogens is 238 g/mol. The fraction of sp³-hybridized carbons (Fsp3) is 1.00. The fourth-order valence-corrected chi connectivity index (χ4v) is 3.70. The summed E-state index contributed by atoms with van der Waals surface area (Å²) >= 11 is 0. The molecule has 102 valence electrons. The first kappa shape index (κ1) is 14.9. The van der Waals surface area contributed by atoms with E-state index in [1.54, 1.807) is 4.31 Å². The SMILES string of the molecule is CCCCNS(=O)(=O)N1CCCCC1CNC. The zero-order chi connectivity index (χ0) is 12.7. The smallest absolute Gasteiger partial charge is 0.279 e. The minimum atomic E-state index is -3.28. The maximum atomic E-state index is 12.1. The Kier molecular flexibility index (Phi) is 6.40. The van der Waals surface area contributed by atoms with E-state index in [-0.39, 0.29) is 6.04 Å². The standard InChI is InChI=1S/C11H25N3O2S/c1-3-4-8-13-17(15,16)14-9-6-5-7-11(14)10-12-2/h11-13H,3-10H2,1-2H3. The number of likely N-dealkylation sites (N-methyl/N-ethyl adjacent to an activating group) is 1. The zero-order valence-electron chi connectivity index (χ0n) is 10.9. The van der Waals surface area contributed by atoms with Crippen LogP contribution in [0.15, 0.2) is 0 Å². The number of unbranched alkanes of at least 4 members (excludes halogenated alkanes) is 1. The fourth-order valence-electron chi connectivity index (χ4n) is 2.19. The number of hydrogen-bond donors (Lipinski definition) is 2. The Labute approximate surface area is 105 Å². The number of piperidine rings is 1. The second-order valence-corrected chi connectivity index (χ2v) is 6.28. The average Bonchev–Trinajstić information content (AvgIpc) is 2.30. The highest BCUT2D eigenvalue weighted by Gasteiger charge is 2.31. The lowest BCUT2D eigenvalue weighted by molar-refractivity contribution is 0.246. The molecule has 0 aromatic carbocycles. The molecule has 5 nitrogen and oxygen atoms in total. The number of rotatable bonds is 7. The van der Waals surface area contributed by atoms with E-state index in [0.717, 1.165) is 38.6 Å². The summed E-state index contributed by atoms with van der Waals surface area (Å²) in [7, 11) is -1.42. The van der Waals surface area contributed by atoms with Crippen molar-refractivity contribution in [1.82, 2.24) is 14.3 Å². The van der Waals surface area contributed by atoms with Gasteiger partial charge in [0.05, 0.1) is 0 Å². The molecule has 1 saturated heterocycles. The van der Waals surface area contributed by atoms with Crippen molar-refractivity contribution >= 4 is 10.2 Å². The molecule has 0 amide bonds. The number of nitrogens with one attached hydrogen (secondary N) is 2. The third-order valence-electron chi connectivity index (χ3n) is 3.14. The van der Waals surface area contributed by atoms with E-state index in [0.29, 0.717) is 13.1 Å². The summed E-state index contributed by atoms with van der Waals surface area (Å²) in [5.41, 5.74) is 0. The van der Waals surface area contributed by atoms with Crippen LogP contribution in [0, 0.1) is 0 Å². The van der Waals surface area contributed by atoms with Gasteiger partial charge in [-0.1, -0.05) is 19.8 Å². The first-order valence-corrected chi connectivity index (χ1v) is 7.97. The highest BCUT2D eigenvalue weighted by molar-refractivity contribution is 7.87. The van der Waals surface area contributed by atoms with E-state index in [9.17, 15) is 8.42 Å². The molecule has 1 rings (SSSR count). The summed E-state index contributed by atoms with van der Waals surface area (Å²) in [5.74, 6) is 0. The van der Waals surface area contributed by atoms with Crippen LogP contribution in [0.5, 0.6) is 0 Å². The van der Waals surface area contributed by atoms with E-state index < -0.39 is 10.2 Å². The normalized spacial score (nSPS) is 22.8. The number of nitrogens with zero attached hydrogens (tertiary/aromatic N) is 1. The summed E-state index contributed by atoms with van der Waals surface area (Å²) in [4.78, 5) is 0. The molecule has 1 heterocycles. The molecule has 0 spiro atoms. The van der Waals surface area contributed by atoms with Gasteiger partial charge < -0.3 is 5.32 Å². The van der Waals surface area contributed by atoms with Gasteiger partial charge in [-0.3, -0.25) is 0 Å². The molecule has 2 N–H and O–H groups in total. The van der Waals surface area contributed by atoms with Crippen molar-refractivity contribution in [2.45, 2.75) is 45.1 Å². The van der Waals surface area contributed by atoms with Gasteiger partial charge >= 0.3 is 0 Å². The van der Waals surface area contributed by atoms with Crippen LogP contribution in [-0.4, -0.2) is 45.4 Å². The molecular formula is C11H25N3O2S. The highest BCUT2D eigenvalue weighted by atomic mass is 32.2. The Balaban J connectivity index is 2.59. The molecule has 17 heavy (non-hydrogen) atoms. The van der Waals surface area contributed by atoms with Crippen LogP contribution in [0.1, 0.15) is 39.0 Å². The summed E-state index contributed by atoms with van der Waals surface area (Å²) in [6.45, 7) is 3.98. The first-order chi connectivity index (χ1) is 8.11. The van der Waals surface area contributed by atoms with Crippen molar-refractivity contribution in [1.29, 1.82) is 0 Å².